The third-order valence-electron chi connectivity index (χ3n) is 3.12. The fourth-order valence-electron chi connectivity index (χ4n) is 2.17. The molecule has 4 nitrogen and oxygen atoms in total. The summed E-state index contributed by atoms with van der Waals surface area (Å²) in [6.07, 6.45) is 0. The summed E-state index contributed by atoms with van der Waals surface area (Å²) in [5.41, 5.74) is 1.94. The number of hydrogen-bond donors (Lipinski definition) is 1. The normalized spacial score (nSPS) is 12.2. The maximum Gasteiger partial charge on any atom is 0.179 e. The second-order valence-electron chi connectivity index (χ2n) is 4.52. The summed E-state index contributed by atoms with van der Waals surface area (Å²) in [7, 11) is 3.18. The largest absolute Gasteiger partial charge is 0.493 e. The number of hydrogen-bond acceptors (Lipinski definition) is 5. The number of methoxy groups -OCH3 is 2. The Morgan fingerprint density at radius 2 is 2.10 bits per heavy atom. The zero-order chi connectivity index (χ0) is 15.4. The first-order chi connectivity index (χ1) is 10.1. The average molecular weight is 327 g/mol. The molecule has 1 heterocycles. The lowest BCUT2D eigenvalue weighted by Crippen LogP contribution is -2.22. The number of halogens is 1. The van der Waals surface area contributed by atoms with Gasteiger partial charge in [0.05, 0.1) is 25.3 Å². The van der Waals surface area contributed by atoms with E-state index in [4.69, 9.17) is 21.1 Å². The van der Waals surface area contributed by atoms with E-state index >= 15 is 0 Å². The van der Waals surface area contributed by atoms with Crippen LogP contribution >= 0.6 is 22.9 Å². The van der Waals surface area contributed by atoms with Gasteiger partial charge in [-0.25, -0.2) is 4.98 Å². The molecule has 114 valence electrons. The van der Waals surface area contributed by atoms with Crippen molar-refractivity contribution in [3.63, 3.8) is 0 Å². The highest BCUT2D eigenvalue weighted by Crippen LogP contribution is 2.41. The minimum Gasteiger partial charge on any atom is -0.493 e. The Balaban J connectivity index is 2.50. The second kappa shape index (κ2) is 7.11. The van der Waals surface area contributed by atoms with Crippen LogP contribution in [0.5, 0.6) is 11.5 Å². The van der Waals surface area contributed by atoms with Crippen molar-refractivity contribution in [1.82, 2.24) is 10.3 Å². The van der Waals surface area contributed by atoms with Crippen LogP contribution in [0.1, 0.15) is 29.2 Å². The smallest absolute Gasteiger partial charge is 0.179 e. The Hall–Kier alpha value is -1.30. The molecule has 0 amide bonds. The van der Waals surface area contributed by atoms with E-state index in [1.807, 2.05) is 24.4 Å². The van der Waals surface area contributed by atoms with Crippen LogP contribution in [0, 0.1) is 6.92 Å². The SMILES string of the molecule is CCNC(c1nc(C)cs1)c1ccc(OC)c(OC)c1Cl. The standard InChI is InChI=1S/C15H19ClN2O2S/c1-5-17-13(15-18-9(2)8-21-15)10-6-7-11(19-3)14(20-4)12(10)16/h6-8,13,17H,5H2,1-4H3. The molecular formula is C15H19ClN2O2S. The molecular weight excluding hydrogens is 308 g/mol. The van der Waals surface area contributed by atoms with Gasteiger partial charge in [0.25, 0.3) is 0 Å². The monoisotopic (exact) mass is 326 g/mol. The van der Waals surface area contributed by atoms with Gasteiger partial charge in [0.1, 0.15) is 5.01 Å². The Morgan fingerprint density at radius 3 is 2.62 bits per heavy atom. The highest BCUT2D eigenvalue weighted by molar-refractivity contribution is 7.09. The first kappa shape index (κ1) is 16.1. The van der Waals surface area contributed by atoms with Crippen molar-refractivity contribution in [2.24, 2.45) is 0 Å². The number of nitrogens with one attached hydrogen (secondary N) is 1. The zero-order valence-electron chi connectivity index (χ0n) is 12.6. The van der Waals surface area contributed by atoms with Gasteiger partial charge in [0.15, 0.2) is 11.5 Å². The van der Waals surface area contributed by atoms with E-state index in [-0.39, 0.29) is 6.04 Å². The van der Waals surface area contributed by atoms with Crippen molar-refractivity contribution < 1.29 is 9.47 Å². The number of rotatable bonds is 6. The van der Waals surface area contributed by atoms with E-state index < -0.39 is 0 Å². The molecule has 1 aromatic heterocycles. The molecule has 0 aliphatic heterocycles. The third kappa shape index (κ3) is 3.31. The predicted octanol–water partition coefficient (Wildman–Crippen LogP) is 3.82. The van der Waals surface area contributed by atoms with E-state index in [9.17, 15) is 0 Å². The van der Waals surface area contributed by atoms with Crippen LogP contribution in [0.3, 0.4) is 0 Å². The van der Waals surface area contributed by atoms with Gasteiger partial charge in [-0.3, -0.25) is 0 Å². The third-order valence-corrected chi connectivity index (χ3v) is 4.54. The van der Waals surface area contributed by atoms with Gasteiger partial charge in [-0.2, -0.15) is 0 Å². The highest BCUT2D eigenvalue weighted by atomic mass is 35.5. The molecule has 1 atom stereocenters. The molecule has 21 heavy (non-hydrogen) atoms. The molecule has 0 radical (unpaired) electrons. The van der Waals surface area contributed by atoms with Gasteiger partial charge in [0.2, 0.25) is 0 Å². The minimum absolute atomic E-state index is 0.0546. The van der Waals surface area contributed by atoms with Gasteiger partial charge in [-0.15, -0.1) is 11.3 Å². The fraction of sp³-hybridized carbons (Fsp3) is 0.400. The predicted molar refractivity (Wildman–Crippen MR) is 86.9 cm³/mol. The van der Waals surface area contributed by atoms with Gasteiger partial charge in [-0.05, 0) is 25.1 Å². The summed E-state index contributed by atoms with van der Waals surface area (Å²) < 4.78 is 10.7. The van der Waals surface area contributed by atoms with Crippen molar-refractivity contribution in [3.8, 4) is 11.5 Å². The van der Waals surface area contributed by atoms with Gasteiger partial charge in [0, 0.05) is 11.1 Å². The van der Waals surface area contributed by atoms with E-state index in [1.165, 1.54) is 0 Å². The van der Waals surface area contributed by atoms with E-state index in [0.29, 0.717) is 16.5 Å². The lowest BCUT2D eigenvalue weighted by atomic mass is 10.1. The van der Waals surface area contributed by atoms with Gasteiger partial charge >= 0.3 is 0 Å². The van der Waals surface area contributed by atoms with Gasteiger partial charge in [-0.1, -0.05) is 24.6 Å². The first-order valence-corrected chi connectivity index (χ1v) is 7.93. The summed E-state index contributed by atoms with van der Waals surface area (Å²) in [4.78, 5) is 4.57. The summed E-state index contributed by atoms with van der Waals surface area (Å²) in [5, 5.41) is 7.00. The maximum absolute atomic E-state index is 6.51. The Morgan fingerprint density at radius 1 is 1.33 bits per heavy atom. The summed E-state index contributed by atoms with van der Waals surface area (Å²) in [6, 6.07) is 3.76. The maximum atomic E-state index is 6.51. The number of aryl methyl sites for hydroxylation is 1. The van der Waals surface area contributed by atoms with Crippen molar-refractivity contribution >= 4 is 22.9 Å². The molecule has 0 aliphatic rings. The number of thiazole rings is 1. The van der Waals surface area contributed by atoms with Crippen LogP contribution in [0.15, 0.2) is 17.5 Å². The molecule has 0 bridgehead atoms. The van der Waals surface area contributed by atoms with Crippen molar-refractivity contribution in [2.45, 2.75) is 19.9 Å². The fourth-order valence-corrected chi connectivity index (χ4v) is 3.40. The molecule has 0 saturated carbocycles. The van der Waals surface area contributed by atoms with Crippen LogP contribution in [0.2, 0.25) is 5.02 Å². The van der Waals surface area contributed by atoms with Crippen molar-refractivity contribution in [3.05, 3.63) is 38.8 Å². The first-order valence-electron chi connectivity index (χ1n) is 6.68. The number of ether oxygens (including phenoxy) is 2. The molecule has 2 aromatic rings. The lowest BCUT2D eigenvalue weighted by Gasteiger charge is -2.20. The minimum atomic E-state index is -0.0546. The second-order valence-corrected chi connectivity index (χ2v) is 5.79. The van der Waals surface area contributed by atoms with Crippen molar-refractivity contribution in [1.29, 1.82) is 0 Å². The van der Waals surface area contributed by atoms with Crippen LogP contribution in [0.25, 0.3) is 0 Å². The zero-order valence-corrected chi connectivity index (χ0v) is 14.1. The number of benzene rings is 1. The van der Waals surface area contributed by atoms with Crippen LogP contribution in [-0.2, 0) is 0 Å². The average Bonchev–Trinajstić information content (AvgIpc) is 2.91. The Bertz CT molecular complexity index is 616. The van der Waals surface area contributed by atoms with Crippen molar-refractivity contribution in [2.75, 3.05) is 20.8 Å². The number of aromatic nitrogens is 1. The molecule has 0 aliphatic carbocycles. The van der Waals surface area contributed by atoms with E-state index in [1.54, 1.807) is 25.6 Å². The van der Waals surface area contributed by atoms with Crippen LogP contribution in [0.4, 0.5) is 0 Å². The summed E-state index contributed by atoms with van der Waals surface area (Å²) in [6.45, 7) is 4.86. The molecule has 0 fully saturated rings. The molecule has 1 aromatic carbocycles. The molecule has 0 spiro atoms. The summed E-state index contributed by atoms with van der Waals surface area (Å²) in [5.74, 6) is 1.17. The Kier molecular flexibility index (Phi) is 5.45. The molecule has 1 N–H and O–H groups in total. The van der Waals surface area contributed by atoms with Gasteiger partial charge < -0.3 is 14.8 Å². The van der Waals surface area contributed by atoms with Crippen LogP contribution in [-0.4, -0.2) is 25.7 Å². The lowest BCUT2D eigenvalue weighted by molar-refractivity contribution is 0.354. The van der Waals surface area contributed by atoms with E-state index in [2.05, 4.69) is 17.2 Å². The quantitative estimate of drug-likeness (QED) is 0.876. The Labute approximate surface area is 134 Å². The molecule has 6 heteroatoms. The molecule has 2 rings (SSSR count). The summed E-state index contributed by atoms with van der Waals surface area (Å²) >= 11 is 8.13. The number of nitrogens with zero attached hydrogens (tertiary/aromatic N) is 1. The molecule has 0 saturated heterocycles. The van der Waals surface area contributed by atoms with Crippen LogP contribution < -0.4 is 14.8 Å². The highest BCUT2D eigenvalue weighted by Gasteiger charge is 2.23. The van der Waals surface area contributed by atoms with E-state index in [0.717, 1.165) is 22.8 Å². The molecule has 1 unspecified atom stereocenters. The topological polar surface area (TPSA) is 43.4 Å².